The number of hydrogen-bond acceptors (Lipinski definition) is 2. The number of ketones is 1. The van der Waals surface area contributed by atoms with E-state index in [1.54, 1.807) is 0 Å². The Labute approximate surface area is 104 Å². The van der Waals surface area contributed by atoms with Crippen LogP contribution in [0.3, 0.4) is 0 Å². The Bertz CT molecular complexity index is 374. The predicted octanol–water partition coefficient (Wildman–Crippen LogP) is 2.53. The summed E-state index contributed by atoms with van der Waals surface area (Å²) in [6, 6.07) is 10.9. The van der Waals surface area contributed by atoms with Crippen LogP contribution in [0.4, 0.5) is 0 Å². The molecule has 0 aromatic heterocycles. The number of Topliss-reactive ketones (excluding diaryl/α,β-unsaturated/α-hetero) is 1. The molecule has 17 heavy (non-hydrogen) atoms. The topological polar surface area (TPSA) is 20.3 Å². The number of rotatable bonds is 3. The number of benzene rings is 1. The zero-order valence-corrected chi connectivity index (χ0v) is 10.7. The molecule has 0 amide bonds. The second kappa shape index (κ2) is 5.46. The van der Waals surface area contributed by atoms with Gasteiger partial charge in [-0.05, 0) is 18.9 Å². The van der Waals surface area contributed by atoms with Gasteiger partial charge in [-0.1, -0.05) is 37.3 Å². The molecule has 0 spiro atoms. The number of nitrogens with zero attached hydrogens (tertiary/aromatic N) is 1. The van der Waals surface area contributed by atoms with E-state index in [2.05, 4.69) is 43.0 Å². The van der Waals surface area contributed by atoms with Gasteiger partial charge in [0.2, 0.25) is 0 Å². The van der Waals surface area contributed by atoms with Crippen LogP contribution in [0.1, 0.15) is 25.8 Å². The number of hydrogen-bond donors (Lipinski definition) is 0. The maximum Gasteiger partial charge on any atom is 0.138 e. The van der Waals surface area contributed by atoms with Crippen molar-refractivity contribution in [3.8, 4) is 0 Å². The molecular formula is C15H21NO. The minimum atomic E-state index is 0.194. The molecule has 2 atom stereocenters. The van der Waals surface area contributed by atoms with Crippen LogP contribution in [-0.2, 0) is 11.2 Å². The first-order chi connectivity index (χ1) is 8.18. The summed E-state index contributed by atoms with van der Waals surface area (Å²) in [5, 5.41) is 0. The van der Waals surface area contributed by atoms with Crippen molar-refractivity contribution in [2.75, 3.05) is 13.1 Å². The Kier molecular flexibility index (Phi) is 3.95. The minimum Gasteiger partial charge on any atom is -0.299 e. The fourth-order valence-electron chi connectivity index (χ4n) is 2.50. The molecule has 1 aromatic carbocycles. The zero-order chi connectivity index (χ0) is 12.3. The van der Waals surface area contributed by atoms with Gasteiger partial charge >= 0.3 is 0 Å². The fourth-order valence-corrected chi connectivity index (χ4v) is 2.50. The third kappa shape index (κ3) is 2.95. The van der Waals surface area contributed by atoms with E-state index in [-0.39, 0.29) is 5.92 Å². The van der Waals surface area contributed by atoms with Gasteiger partial charge in [0.1, 0.15) is 5.78 Å². The highest BCUT2D eigenvalue weighted by Crippen LogP contribution is 2.20. The Morgan fingerprint density at radius 1 is 1.24 bits per heavy atom. The van der Waals surface area contributed by atoms with Crippen molar-refractivity contribution in [3.05, 3.63) is 35.9 Å². The lowest BCUT2D eigenvalue weighted by molar-refractivity contribution is -0.127. The molecular weight excluding hydrogens is 210 g/mol. The summed E-state index contributed by atoms with van der Waals surface area (Å²) >= 11 is 0. The maximum absolute atomic E-state index is 11.6. The molecule has 2 rings (SSSR count). The Hall–Kier alpha value is -1.15. The van der Waals surface area contributed by atoms with Crippen LogP contribution in [0, 0.1) is 5.92 Å². The third-order valence-electron chi connectivity index (χ3n) is 3.98. The summed E-state index contributed by atoms with van der Waals surface area (Å²) in [5.41, 5.74) is 1.38. The SMILES string of the molecule is C[C@H]1C(=O)CCN(CCc2ccccc2)[C@H]1C. The van der Waals surface area contributed by atoms with Crippen molar-refractivity contribution < 1.29 is 4.79 Å². The van der Waals surface area contributed by atoms with E-state index in [1.807, 2.05) is 6.07 Å². The lowest BCUT2D eigenvalue weighted by Crippen LogP contribution is -2.47. The molecule has 1 saturated heterocycles. The number of likely N-dealkylation sites (tertiary alicyclic amines) is 1. The first kappa shape index (κ1) is 12.3. The summed E-state index contributed by atoms with van der Waals surface area (Å²) in [4.78, 5) is 14.0. The van der Waals surface area contributed by atoms with Crippen LogP contribution in [0.5, 0.6) is 0 Å². The number of piperidine rings is 1. The molecule has 0 N–H and O–H groups in total. The van der Waals surface area contributed by atoms with E-state index >= 15 is 0 Å². The number of carbonyl (C=O) groups is 1. The average Bonchev–Trinajstić information content (AvgIpc) is 2.36. The average molecular weight is 231 g/mol. The van der Waals surface area contributed by atoms with Crippen LogP contribution in [0.25, 0.3) is 0 Å². The van der Waals surface area contributed by atoms with Gasteiger partial charge in [-0.25, -0.2) is 0 Å². The zero-order valence-electron chi connectivity index (χ0n) is 10.7. The van der Waals surface area contributed by atoms with Crippen LogP contribution in [0.15, 0.2) is 30.3 Å². The smallest absolute Gasteiger partial charge is 0.138 e. The molecule has 1 aromatic rings. The van der Waals surface area contributed by atoms with Gasteiger partial charge in [-0.2, -0.15) is 0 Å². The largest absolute Gasteiger partial charge is 0.299 e. The maximum atomic E-state index is 11.6. The Balaban J connectivity index is 1.89. The highest BCUT2D eigenvalue weighted by molar-refractivity contribution is 5.82. The van der Waals surface area contributed by atoms with E-state index in [4.69, 9.17) is 0 Å². The van der Waals surface area contributed by atoms with Gasteiger partial charge in [0, 0.05) is 31.5 Å². The molecule has 0 aliphatic carbocycles. The fraction of sp³-hybridized carbons (Fsp3) is 0.533. The van der Waals surface area contributed by atoms with Gasteiger partial charge in [0.05, 0.1) is 0 Å². The van der Waals surface area contributed by atoms with E-state index in [0.29, 0.717) is 11.8 Å². The van der Waals surface area contributed by atoms with Gasteiger partial charge in [0.15, 0.2) is 0 Å². The van der Waals surface area contributed by atoms with Crippen molar-refractivity contribution >= 4 is 5.78 Å². The summed E-state index contributed by atoms with van der Waals surface area (Å²) in [6.07, 6.45) is 1.80. The normalized spacial score (nSPS) is 26.1. The summed E-state index contributed by atoms with van der Waals surface area (Å²) < 4.78 is 0. The standard InChI is InChI=1S/C15H21NO/c1-12-13(2)16(11-9-15(12)17)10-8-14-6-4-3-5-7-14/h3-7,12-13H,8-11H2,1-2H3/t12-,13+/m1/s1. The lowest BCUT2D eigenvalue weighted by atomic mass is 9.90. The Morgan fingerprint density at radius 2 is 1.94 bits per heavy atom. The molecule has 2 nitrogen and oxygen atoms in total. The molecule has 0 bridgehead atoms. The van der Waals surface area contributed by atoms with Gasteiger partial charge < -0.3 is 0 Å². The lowest BCUT2D eigenvalue weighted by Gasteiger charge is -2.36. The molecule has 1 fully saturated rings. The summed E-state index contributed by atoms with van der Waals surface area (Å²) in [7, 11) is 0. The van der Waals surface area contributed by atoms with E-state index < -0.39 is 0 Å². The van der Waals surface area contributed by atoms with Crippen molar-refractivity contribution in [3.63, 3.8) is 0 Å². The van der Waals surface area contributed by atoms with E-state index in [1.165, 1.54) is 5.56 Å². The molecule has 1 aliphatic rings. The highest BCUT2D eigenvalue weighted by Gasteiger charge is 2.30. The van der Waals surface area contributed by atoms with Crippen molar-refractivity contribution in [1.82, 2.24) is 4.90 Å². The Morgan fingerprint density at radius 3 is 2.65 bits per heavy atom. The van der Waals surface area contributed by atoms with Gasteiger partial charge in [-0.3, -0.25) is 9.69 Å². The van der Waals surface area contributed by atoms with Crippen LogP contribution in [-0.4, -0.2) is 29.8 Å². The summed E-state index contributed by atoms with van der Waals surface area (Å²) in [6.45, 7) is 6.22. The second-order valence-electron chi connectivity index (χ2n) is 5.02. The third-order valence-corrected chi connectivity index (χ3v) is 3.98. The van der Waals surface area contributed by atoms with Crippen molar-refractivity contribution in [2.24, 2.45) is 5.92 Å². The second-order valence-corrected chi connectivity index (χ2v) is 5.02. The van der Waals surface area contributed by atoms with Crippen LogP contribution >= 0.6 is 0 Å². The molecule has 1 aliphatic heterocycles. The quantitative estimate of drug-likeness (QED) is 0.796. The minimum absolute atomic E-state index is 0.194. The molecule has 1 heterocycles. The first-order valence-corrected chi connectivity index (χ1v) is 6.49. The first-order valence-electron chi connectivity index (χ1n) is 6.49. The van der Waals surface area contributed by atoms with E-state index in [0.717, 1.165) is 25.9 Å². The van der Waals surface area contributed by atoms with Crippen LogP contribution < -0.4 is 0 Å². The molecule has 2 heteroatoms. The van der Waals surface area contributed by atoms with Crippen molar-refractivity contribution in [1.29, 1.82) is 0 Å². The monoisotopic (exact) mass is 231 g/mol. The van der Waals surface area contributed by atoms with E-state index in [9.17, 15) is 4.79 Å². The molecule has 0 saturated carbocycles. The molecule has 0 radical (unpaired) electrons. The number of carbonyl (C=O) groups excluding carboxylic acids is 1. The summed E-state index contributed by atoms with van der Waals surface area (Å²) in [5.74, 6) is 0.619. The van der Waals surface area contributed by atoms with Gasteiger partial charge in [0.25, 0.3) is 0 Å². The highest BCUT2D eigenvalue weighted by atomic mass is 16.1. The van der Waals surface area contributed by atoms with Gasteiger partial charge in [-0.15, -0.1) is 0 Å². The molecule has 92 valence electrons. The predicted molar refractivity (Wildman–Crippen MR) is 70.0 cm³/mol. The molecule has 0 unspecified atom stereocenters. The van der Waals surface area contributed by atoms with Crippen molar-refractivity contribution in [2.45, 2.75) is 32.7 Å². The van der Waals surface area contributed by atoms with Crippen LogP contribution in [0.2, 0.25) is 0 Å².